The molecule has 1 rings (SSSR count). The van der Waals surface area contributed by atoms with Crippen molar-refractivity contribution >= 4 is 11.9 Å². The Bertz CT molecular complexity index is 250. The lowest BCUT2D eigenvalue weighted by Gasteiger charge is -2.11. The molecule has 0 aliphatic carbocycles. The number of nitrogens with one attached hydrogen (secondary N) is 1. The first-order chi connectivity index (χ1) is 7.90. The Morgan fingerprint density at radius 1 is 1.47 bits per heavy atom. The molecule has 0 aromatic heterocycles. The Morgan fingerprint density at radius 2 is 2.06 bits per heavy atom. The highest BCUT2D eigenvalue weighted by molar-refractivity contribution is 5.75. The van der Waals surface area contributed by atoms with Crippen molar-refractivity contribution in [2.75, 3.05) is 13.7 Å². The van der Waals surface area contributed by atoms with E-state index in [9.17, 15) is 9.59 Å². The summed E-state index contributed by atoms with van der Waals surface area (Å²) in [5.41, 5.74) is 5.40. The maximum Gasteiger partial charge on any atom is 0.322 e. The lowest BCUT2D eigenvalue weighted by atomic mass is 10.1. The summed E-state index contributed by atoms with van der Waals surface area (Å²) in [5, 5.41) is 11.2. The van der Waals surface area contributed by atoms with Crippen LogP contribution in [0.1, 0.15) is 26.7 Å². The molecule has 6 heteroatoms. The molecule has 2 atom stereocenters. The smallest absolute Gasteiger partial charge is 0.322 e. The van der Waals surface area contributed by atoms with Crippen molar-refractivity contribution in [3.63, 3.8) is 0 Å². The summed E-state index contributed by atoms with van der Waals surface area (Å²) in [6, 6.07) is -0.745. The predicted octanol–water partition coefficient (Wildman–Crippen LogP) is -0.0343. The summed E-state index contributed by atoms with van der Waals surface area (Å²) in [6.07, 6.45) is 1.78. The third-order valence-corrected chi connectivity index (χ3v) is 2.55. The SMILES string of the molecule is COC(=O)[C@@H](N)C(C)C.O=C(O)[C@@H]1CCCN1. The number of hydrogen-bond donors (Lipinski definition) is 3. The average Bonchev–Trinajstić information content (AvgIpc) is 2.81. The molecule has 0 bridgehead atoms. The van der Waals surface area contributed by atoms with Crippen LogP contribution in [0.3, 0.4) is 0 Å². The third-order valence-electron chi connectivity index (χ3n) is 2.55. The van der Waals surface area contributed by atoms with E-state index in [0.717, 1.165) is 19.4 Å². The number of esters is 1. The van der Waals surface area contributed by atoms with E-state index in [1.165, 1.54) is 7.11 Å². The van der Waals surface area contributed by atoms with Crippen LogP contribution in [0.25, 0.3) is 0 Å². The van der Waals surface area contributed by atoms with E-state index in [4.69, 9.17) is 10.8 Å². The van der Waals surface area contributed by atoms with Crippen LogP contribution in [-0.2, 0) is 14.3 Å². The number of methoxy groups -OCH3 is 1. The summed E-state index contributed by atoms with van der Waals surface area (Å²) in [7, 11) is 1.34. The lowest BCUT2D eigenvalue weighted by molar-refractivity contribution is -0.143. The number of hydrogen-bond acceptors (Lipinski definition) is 5. The van der Waals surface area contributed by atoms with Crippen LogP contribution < -0.4 is 11.1 Å². The first-order valence-corrected chi connectivity index (χ1v) is 5.69. The Kier molecular flexibility index (Phi) is 7.49. The first kappa shape index (κ1) is 15.9. The molecule has 1 aliphatic heterocycles. The Balaban J connectivity index is 0.000000302. The molecule has 1 fully saturated rings. The zero-order valence-corrected chi connectivity index (χ0v) is 10.6. The monoisotopic (exact) mass is 246 g/mol. The van der Waals surface area contributed by atoms with E-state index >= 15 is 0 Å². The normalized spacial score (nSPS) is 20.4. The fraction of sp³-hybridized carbons (Fsp3) is 0.818. The van der Waals surface area contributed by atoms with Crippen molar-refractivity contribution in [1.82, 2.24) is 5.32 Å². The van der Waals surface area contributed by atoms with Crippen LogP contribution in [-0.4, -0.2) is 42.8 Å². The van der Waals surface area contributed by atoms with Gasteiger partial charge < -0.3 is 20.9 Å². The minimum atomic E-state index is -0.720. The van der Waals surface area contributed by atoms with Crippen molar-refractivity contribution in [1.29, 1.82) is 0 Å². The van der Waals surface area contributed by atoms with Crippen LogP contribution in [0.15, 0.2) is 0 Å². The molecular weight excluding hydrogens is 224 g/mol. The molecule has 100 valence electrons. The van der Waals surface area contributed by atoms with Gasteiger partial charge in [0.05, 0.1) is 7.11 Å². The van der Waals surface area contributed by atoms with Crippen molar-refractivity contribution in [3.8, 4) is 0 Å². The molecule has 0 unspecified atom stereocenters. The van der Waals surface area contributed by atoms with Crippen LogP contribution in [0.2, 0.25) is 0 Å². The van der Waals surface area contributed by atoms with Gasteiger partial charge in [0.15, 0.2) is 0 Å². The topological polar surface area (TPSA) is 102 Å². The number of ether oxygens (including phenoxy) is 1. The van der Waals surface area contributed by atoms with Crippen molar-refractivity contribution in [3.05, 3.63) is 0 Å². The molecular formula is C11H22N2O4. The minimum absolute atomic E-state index is 0.150. The van der Waals surface area contributed by atoms with Gasteiger partial charge in [-0.1, -0.05) is 13.8 Å². The molecule has 4 N–H and O–H groups in total. The molecule has 0 amide bonds. The number of rotatable bonds is 3. The van der Waals surface area contributed by atoms with Gasteiger partial charge in [-0.15, -0.1) is 0 Å². The minimum Gasteiger partial charge on any atom is -0.480 e. The number of carboxylic acids is 1. The van der Waals surface area contributed by atoms with E-state index in [2.05, 4.69) is 10.1 Å². The van der Waals surface area contributed by atoms with Crippen molar-refractivity contribution in [2.24, 2.45) is 11.7 Å². The fourth-order valence-electron chi connectivity index (χ4n) is 1.30. The second-order valence-corrected chi connectivity index (χ2v) is 4.28. The molecule has 0 aromatic carbocycles. The van der Waals surface area contributed by atoms with E-state index in [0.29, 0.717) is 0 Å². The number of carboxylic acid groups (broad SMARTS) is 1. The molecule has 1 saturated heterocycles. The van der Waals surface area contributed by atoms with Gasteiger partial charge in [0, 0.05) is 0 Å². The molecule has 0 spiro atoms. The maximum atomic E-state index is 10.6. The third kappa shape index (κ3) is 6.23. The van der Waals surface area contributed by atoms with Crippen LogP contribution >= 0.6 is 0 Å². The second kappa shape index (κ2) is 8.03. The Hall–Kier alpha value is -1.14. The highest BCUT2D eigenvalue weighted by Gasteiger charge is 2.20. The van der Waals surface area contributed by atoms with Gasteiger partial charge in [-0.2, -0.15) is 0 Å². The summed E-state index contributed by atoms with van der Waals surface area (Å²) in [4.78, 5) is 20.7. The van der Waals surface area contributed by atoms with Gasteiger partial charge >= 0.3 is 11.9 Å². The maximum absolute atomic E-state index is 10.6. The van der Waals surface area contributed by atoms with Gasteiger partial charge in [0.2, 0.25) is 0 Å². The largest absolute Gasteiger partial charge is 0.480 e. The fourth-order valence-corrected chi connectivity index (χ4v) is 1.30. The standard InChI is InChI=1S/C6H13NO2.C5H9NO2/c1-4(2)5(7)6(8)9-3;7-5(8)4-2-1-3-6-4/h4-5H,7H2,1-3H3;4,6H,1-3H2,(H,7,8)/t5-;4-/m00/s1. The highest BCUT2D eigenvalue weighted by Crippen LogP contribution is 2.03. The average molecular weight is 246 g/mol. The number of aliphatic carboxylic acids is 1. The number of carbonyl (C=O) groups excluding carboxylic acids is 1. The van der Waals surface area contributed by atoms with Crippen molar-refractivity contribution in [2.45, 2.75) is 38.8 Å². The predicted molar refractivity (Wildman–Crippen MR) is 63.5 cm³/mol. The molecule has 1 aliphatic rings. The number of nitrogens with two attached hydrogens (primary N) is 1. The molecule has 0 radical (unpaired) electrons. The summed E-state index contributed by atoms with van der Waals surface area (Å²) < 4.78 is 4.41. The Morgan fingerprint density at radius 3 is 2.24 bits per heavy atom. The van der Waals surface area contributed by atoms with Gasteiger partial charge in [-0.3, -0.25) is 9.59 Å². The molecule has 0 aromatic rings. The van der Waals surface area contributed by atoms with Gasteiger partial charge in [0.1, 0.15) is 12.1 Å². The molecule has 17 heavy (non-hydrogen) atoms. The van der Waals surface area contributed by atoms with Gasteiger partial charge in [0.25, 0.3) is 0 Å². The molecule has 6 nitrogen and oxygen atoms in total. The summed E-state index contributed by atoms with van der Waals surface area (Å²) >= 11 is 0. The van der Waals surface area contributed by atoms with Crippen LogP contribution in [0, 0.1) is 5.92 Å². The summed E-state index contributed by atoms with van der Waals surface area (Å²) in [6.45, 7) is 4.61. The zero-order valence-electron chi connectivity index (χ0n) is 10.6. The second-order valence-electron chi connectivity index (χ2n) is 4.28. The van der Waals surface area contributed by atoms with E-state index in [1.807, 2.05) is 13.8 Å². The van der Waals surface area contributed by atoms with Crippen LogP contribution in [0.5, 0.6) is 0 Å². The van der Waals surface area contributed by atoms with Gasteiger partial charge in [-0.25, -0.2) is 0 Å². The molecule has 0 saturated carbocycles. The van der Waals surface area contributed by atoms with Crippen molar-refractivity contribution < 1.29 is 19.4 Å². The highest BCUT2D eigenvalue weighted by atomic mass is 16.5. The van der Waals surface area contributed by atoms with E-state index < -0.39 is 12.0 Å². The first-order valence-electron chi connectivity index (χ1n) is 5.69. The summed E-state index contributed by atoms with van der Waals surface area (Å²) in [5.74, 6) is -0.912. The lowest BCUT2D eigenvalue weighted by Crippen LogP contribution is -2.36. The Labute approximate surface area is 102 Å². The number of carbonyl (C=O) groups is 2. The molecule has 1 heterocycles. The quantitative estimate of drug-likeness (QED) is 0.604. The zero-order chi connectivity index (χ0) is 13.4. The van der Waals surface area contributed by atoms with E-state index in [1.54, 1.807) is 0 Å². The van der Waals surface area contributed by atoms with E-state index in [-0.39, 0.29) is 17.9 Å². The van der Waals surface area contributed by atoms with Crippen LogP contribution in [0.4, 0.5) is 0 Å². The van der Waals surface area contributed by atoms with Gasteiger partial charge in [-0.05, 0) is 25.3 Å².